The molecule has 2 fully saturated rings. The van der Waals surface area contributed by atoms with Crippen molar-refractivity contribution in [2.45, 2.75) is 30.6 Å². The molecule has 2 heterocycles. The molecule has 0 aromatic heterocycles. The van der Waals surface area contributed by atoms with E-state index in [1.54, 1.807) is 12.1 Å². The van der Waals surface area contributed by atoms with E-state index in [9.17, 15) is 13.2 Å². The highest BCUT2D eigenvalue weighted by atomic mass is 32.2. The van der Waals surface area contributed by atoms with Crippen molar-refractivity contribution in [1.29, 1.82) is 0 Å². The molecule has 1 aromatic rings. The van der Waals surface area contributed by atoms with E-state index in [-0.39, 0.29) is 10.8 Å². The van der Waals surface area contributed by atoms with Gasteiger partial charge in [0.1, 0.15) is 0 Å². The van der Waals surface area contributed by atoms with E-state index >= 15 is 0 Å². The molecule has 2 aliphatic rings. The van der Waals surface area contributed by atoms with Gasteiger partial charge in [0.15, 0.2) is 0 Å². The number of sulfonamides is 1. The van der Waals surface area contributed by atoms with E-state index in [0.717, 1.165) is 57.5 Å². The van der Waals surface area contributed by atoms with Gasteiger partial charge < -0.3 is 15.5 Å². The summed E-state index contributed by atoms with van der Waals surface area (Å²) in [7, 11) is -0.582. The summed E-state index contributed by atoms with van der Waals surface area (Å²) in [5.41, 5.74) is 1.27. The summed E-state index contributed by atoms with van der Waals surface area (Å²) >= 11 is 0. The summed E-state index contributed by atoms with van der Waals surface area (Å²) in [4.78, 5) is 15.2. The number of carbonyl (C=O) groups excluding carboxylic acids is 1. The molecule has 8 heteroatoms. The third-order valence-electron chi connectivity index (χ3n) is 5.44. The number of rotatable bonds is 7. The van der Waals surface area contributed by atoms with Crippen LogP contribution in [0.25, 0.3) is 0 Å². The molecule has 3 rings (SSSR count). The van der Waals surface area contributed by atoms with Crippen molar-refractivity contribution in [3.05, 3.63) is 23.8 Å². The number of hydrogen-bond donors (Lipinski definition) is 2. The largest absolute Gasteiger partial charge is 0.371 e. The second-order valence-electron chi connectivity index (χ2n) is 7.56. The first kappa shape index (κ1) is 20.1. The maximum Gasteiger partial charge on any atom is 0.253 e. The van der Waals surface area contributed by atoms with E-state index in [4.69, 9.17) is 0 Å². The highest BCUT2D eigenvalue weighted by molar-refractivity contribution is 7.89. The number of carbonyl (C=O) groups is 1. The molecule has 1 atom stereocenters. The fourth-order valence-corrected chi connectivity index (χ4v) is 4.68. The van der Waals surface area contributed by atoms with Crippen LogP contribution in [0.5, 0.6) is 0 Å². The molecular formula is C19H30N4O3S. The van der Waals surface area contributed by atoms with Gasteiger partial charge in [-0.3, -0.25) is 4.79 Å². The summed E-state index contributed by atoms with van der Waals surface area (Å²) in [6.07, 6.45) is 4.26. The van der Waals surface area contributed by atoms with Gasteiger partial charge in [0.2, 0.25) is 10.0 Å². The summed E-state index contributed by atoms with van der Waals surface area (Å²) in [5.74, 6) is 0.405. The molecule has 0 saturated carbocycles. The van der Waals surface area contributed by atoms with Gasteiger partial charge in [-0.1, -0.05) is 0 Å². The topological polar surface area (TPSA) is 81.8 Å². The number of benzene rings is 1. The van der Waals surface area contributed by atoms with Crippen LogP contribution in [0.1, 0.15) is 36.0 Å². The third kappa shape index (κ3) is 4.62. The lowest BCUT2D eigenvalue weighted by molar-refractivity contribution is 0.0952. The average molecular weight is 395 g/mol. The molecule has 1 amide bonds. The van der Waals surface area contributed by atoms with Crippen molar-refractivity contribution < 1.29 is 13.2 Å². The number of nitrogens with zero attached hydrogens (tertiary/aromatic N) is 2. The Kier molecular flexibility index (Phi) is 6.39. The monoisotopic (exact) mass is 394 g/mol. The van der Waals surface area contributed by atoms with Crippen LogP contribution in [-0.2, 0) is 10.0 Å². The molecular weight excluding hydrogens is 364 g/mol. The van der Waals surface area contributed by atoms with Crippen LogP contribution in [0.3, 0.4) is 0 Å². The molecule has 0 aliphatic carbocycles. The van der Waals surface area contributed by atoms with Crippen LogP contribution < -0.4 is 15.5 Å². The summed E-state index contributed by atoms with van der Waals surface area (Å²) in [6, 6.07) is 4.90. The predicted octanol–water partition coefficient (Wildman–Crippen LogP) is 1.27. The molecule has 2 aliphatic heterocycles. The quantitative estimate of drug-likeness (QED) is 0.728. The van der Waals surface area contributed by atoms with Crippen molar-refractivity contribution in [3.8, 4) is 0 Å². The Morgan fingerprint density at radius 1 is 1.30 bits per heavy atom. The van der Waals surface area contributed by atoms with Crippen LogP contribution in [0.15, 0.2) is 23.1 Å². The summed E-state index contributed by atoms with van der Waals surface area (Å²) in [5, 5.41) is 6.33. The zero-order chi connectivity index (χ0) is 19.4. The minimum Gasteiger partial charge on any atom is -0.371 e. The Labute approximate surface area is 162 Å². The van der Waals surface area contributed by atoms with Crippen LogP contribution in [-0.4, -0.2) is 65.4 Å². The lowest BCUT2D eigenvalue weighted by atomic mass is 10.1. The van der Waals surface area contributed by atoms with E-state index in [0.29, 0.717) is 18.0 Å². The van der Waals surface area contributed by atoms with Crippen LogP contribution in [0.4, 0.5) is 5.69 Å². The standard InChI is InChI=1S/C19H30N4O3S/c1-22(2)27(25,26)16-5-6-18(23-11-3-4-12-23)17(13-16)19(24)21-10-8-15-7-9-20-14-15/h5-6,13,15,20H,3-4,7-12,14H2,1-2H3,(H,21,24). The van der Waals surface area contributed by atoms with Crippen molar-refractivity contribution in [2.75, 3.05) is 51.7 Å². The van der Waals surface area contributed by atoms with Crippen LogP contribution in [0.2, 0.25) is 0 Å². The Balaban J connectivity index is 1.81. The minimum absolute atomic E-state index is 0.153. The van der Waals surface area contributed by atoms with Crippen molar-refractivity contribution in [1.82, 2.24) is 14.9 Å². The van der Waals surface area contributed by atoms with Crippen molar-refractivity contribution in [2.24, 2.45) is 5.92 Å². The molecule has 0 radical (unpaired) electrons. The Morgan fingerprint density at radius 2 is 2.04 bits per heavy atom. The number of amides is 1. The zero-order valence-electron chi connectivity index (χ0n) is 16.2. The van der Waals surface area contributed by atoms with Crippen molar-refractivity contribution >= 4 is 21.6 Å². The maximum absolute atomic E-state index is 12.9. The van der Waals surface area contributed by atoms with E-state index in [1.807, 2.05) is 0 Å². The molecule has 1 unspecified atom stereocenters. The maximum atomic E-state index is 12.9. The Hall–Kier alpha value is -1.64. The Morgan fingerprint density at radius 3 is 2.67 bits per heavy atom. The second kappa shape index (κ2) is 8.58. The van der Waals surface area contributed by atoms with E-state index < -0.39 is 10.0 Å². The van der Waals surface area contributed by atoms with Gasteiger partial charge in [-0.05, 0) is 62.9 Å². The average Bonchev–Trinajstić information content (AvgIpc) is 3.35. The van der Waals surface area contributed by atoms with Gasteiger partial charge in [0, 0.05) is 39.4 Å². The highest BCUT2D eigenvalue weighted by Crippen LogP contribution is 2.28. The first-order valence-corrected chi connectivity index (χ1v) is 11.1. The zero-order valence-corrected chi connectivity index (χ0v) is 17.0. The van der Waals surface area contributed by atoms with Gasteiger partial charge >= 0.3 is 0 Å². The number of hydrogen-bond acceptors (Lipinski definition) is 5. The third-order valence-corrected chi connectivity index (χ3v) is 7.25. The van der Waals surface area contributed by atoms with Gasteiger partial charge in [-0.15, -0.1) is 0 Å². The molecule has 1 aromatic carbocycles. The summed E-state index contributed by atoms with van der Waals surface area (Å²) < 4.78 is 26.2. The number of anilines is 1. The number of nitrogens with one attached hydrogen (secondary N) is 2. The molecule has 150 valence electrons. The molecule has 0 bridgehead atoms. The molecule has 27 heavy (non-hydrogen) atoms. The molecule has 2 N–H and O–H groups in total. The first-order chi connectivity index (χ1) is 12.9. The molecule has 7 nitrogen and oxygen atoms in total. The van der Waals surface area contributed by atoms with E-state index in [2.05, 4.69) is 15.5 Å². The predicted molar refractivity (Wildman–Crippen MR) is 107 cm³/mol. The van der Waals surface area contributed by atoms with Crippen LogP contribution in [0, 0.1) is 5.92 Å². The van der Waals surface area contributed by atoms with E-state index in [1.165, 1.54) is 24.5 Å². The first-order valence-electron chi connectivity index (χ1n) is 9.70. The minimum atomic E-state index is -3.58. The van der Waals surface area contributed by atoms with Crippen LogP contribution >= 0.6 is 0 Å². The smallest absolute Gasteiger partial charge is 0.253 e. The fourth-order valence-electron chi connectivity index (χ4n) is 3.75. The Bertz CT molecular complexity index is 767. The van der Waals surface area contributed by atoms with Gasteiger partial charge in [0.25, 0.3) is 5.91 Å². The van der Waals surface area contributed by atoms with Gasteiger partial charge in [0.05, 0.1) is 10.5 Å². The SMILES string of the molecule is CN(C)S(=O)(=O)c1ccc(N2CCCC2)c(C(=O)NCCC2CCNC2)c1. The second-order valence-corrected chi connectivity index (χ2v) is 9.72. The highest BCUT2D eigenvalue weighted by Gasteiger charge is 2.24. The lowest BCUT2D eigenvalue weighted by Crippen LogP contribution is -2.30. The van der Waals surface area contributed by atoms with Gasteiger partial charge in [-0.2, -0.15) is 0 Å². The van der Waals surface area contributed by atoms with Gasteiger partial charge in [-0.25, -0.2) is 12.7 Å². The summed E-state index contributed by atoms with van der Waals surface area (Å²) in [6.45, 7) is 4.45. The molecule has 2 saturated heterocycles. The lowest BCUT2D eigenvalue weighted by Gasteiger charge is -2.22. The molecule has 0 spiro atoms. The van der Waals surface area contributed by atoms with Crippen molar-refractivity contribution in [3.63, 3.8) is 0 Å². The fraction of sp³-hybridized carbons (Fsp3) is 0.632. The normalized spacial score (nSPS) is 20.4.